The molecule has 3 aromatic rings. The minimum atomic E-state index is -0.902. The average Bonchev–Trinajstić information content (AvgIpc) is 3.35. The molecule has 0 saturated carbocycles. The minimum absolute atomic E-state index is 0.114. The van der Waals surface area contributed by atoms with Gasteiger partial charge in [-0.1, -0.05) is 43.7 Å². The number of ether oxygens (including phenoxy) is 2. The van der Waals surface area contributed by atoms with Crippen molar-refractivity contribution >= 4 is 17.7 Å². The number of carboxylic acid groups (broad SMARTS) is 1. The Bertz CT molecular complexity index is 1160. The van der Waals surface area contributed by atoms with Crippen LogP contribution in [0.1, 0.15) is 57.0 Å². The van der Waals surface area contributed by atoms with Gasteiger partial charge in [0.25, 0.3) is 0 Å². The first-order chi connectivity index (χ1) is 17.6. The van der Waals surface area contributed by atoms with Crippen LogP contribution in [0.25, 0.3) is 17.2 Å². The number of nitrogens with zero attached hydrogens (tertiary/aromatic N) is 4. The van der Waals surface area contributed by atoms with Crippen molar-refractivity contribution in [2.24, 2.45) is 0 Å². The summed E-state index contributed by atoms with van der Waals surface area (Å²) >= 11 is 0. The Hall–Kier alpha value is -3.72. The fourth-order valence-corrected chi connectivity index (χ4v) is 4.39. The largest absolute Gasteiger partial charge is 0.491 e. The first-order valence-electron chi connectivity index (χ1n) is 12.5. The quantitative estimate of drug-likeness (QED) is 0.344. The van der Waals surface area contributed by atoms with Gasteiger partial charge in [-0.3, -0.25) is 0 Å². The zero-order valence-electron chi connectivity index (χ0n) is 20.8. The van der Waals surface area contributed by atoms with Crippen molar-refractivity contribution in [1.82, 2.24) is 20.6 Å². The van der Waals surface area contributed by atoms with Crippen molar-refractivity contribution in [2.75, 3.05) is 31.3 Å². The minimum Gasteiger partial charge on any atom is -0.491 e. The van der Waals surface area contributed by atoms with Crippen LogP contribution in [-0.2, 0) is 9.53 Å². The van der Waals surface area contributed by atoms with Crippen LogP contribution in [0.4, 0.5) is 5.69 Å². The molecule has 2 heterocycles. The van der Waals surface area contributed by atoms with E-state index in [0.29, 0.717) is 37.6 Å². The van der Waals surface area contributed by atoms with Crippen molar-refractivity contribution in [3.8, 4) is 16.9 Å². The Labute approximate surface area is 211 Å². The summed E-state index contributed by atoms with van der Waals surface area (Å²) in [5, 5.41) is 24.4. The van der Waals surface area contributed by atoms with Crippen molar-refractivity contribution in [3.05, 3.63) is 59.4 Å². The van der Waals surface area contributed by atoms with E-state index in [1.807, 2.05) is 36.4 Å². The van der Waals surface area contributed by atoms with Gasteiger partial charge in [0.1, 0.15) is 12.4 Å². The molecule has 1 unspecified atom stereocenters. The number of aromatic amines is 1. The van der Waals surface area contributed by atoms with E-state index in [1.165, 1.54) is 0 Å². The molecule has 9 heteroatoms. The molecule has 190 valence electrons. The number of anilines is 1. The molecule has 1 aliphatic rings. The number of H-pyrrole nitrogens is 1. The number of aliphatic carboxylic acids is 1. The molecule has 2 N–H and O–H groups in total. The molecule has 0 saturated heterocycles. The monoisotopic (exact) mass is 491 g/mol. The van der Waals surface area contributed by atoms with Crippen LogP contribution < -0.4 is 9.64 Å². The summed E-state index contributed by atoms with van der Waals surface area (Å²) in [6.45, 7) is 6.60. The Kier molecular flexibility index (Phi) is 8.67. The van der Waals surface area contributed by atoms with Gasteiger partial charge < -0.3 is 19.5 Å². The second-order valence-electron chi connectivity index (χ2n) is 8.72. The molecule has 1 aromatic heterocycles. The lowest BCUT2D eigenvalue weighted by molar-refractivity contribution is -0.132. The maximum absolute atomic E-state index is 11.9. The van der Waals surface area contributed by atoms with Gasteiger partial charge in [0.15, 0.2) is 5.82 Å². The van der Waals surface area contributed by atoms with Gasteiger partial charge in [0.05, 0.1) is 12.6 Å². The van der Waals surface area contributed by atoms with Crippen LogP contribution in [0.3, 0.4) is 0 Å². The zero-order chi connectivity index (χ0) is 25.3. The number of benzene rings is 2. The summed E-state index contributed by atoms with van der Waals surface area (Å²) < 4.78 is 11.3. The highest BCUT2D eigenvalue weighted by Crippen LogP contribution is 2.37. The summed E-state index contributed by atoms with van der Waals surface area (Å²) in [5.74, 6) is 0.483. The molecule has 0 aliphatic carbocycles. The lowest BCUT2D eigenvalue weighted by Gasteiger charge is -2.31. The normalized spacial score (nSPS) is 14.1. The standard InChI is InChI=1S/C27H33N5O4/c1-3-5-14-35-15-16-36-23-9-6-19(7-10-23)20-8-11-25-22(17-20)18-21(27(33)34)12-13-32(25)24(4-2)26-28-30-31-29-26/h6-11,17-18,24H,3-5,12-16H2,1-2H3,(H,33,34)(H,28,29,30,31). The van der Waals surface area contributed by atoms with E-state index in [1.54, 1.807) is 6.08 Å². The zero-order valence-corrected chi connectivity index (χ0v) is 20.8. The van der Waals surface area contributed by atoms with Crippen LogP contribution in [-0.4, -0.2) is 58.1 Å². The number of hydrogen-bond donors (Lipinski definition) is 2. The molecule has 0 amide bonds. The number of fused-ring (bicyclic) bond motifs is 1. The number of carboxylic acids is 1. The van der Waals surface area contributed by atoms with E-state index < -0.39 is 5.97 Å². The van der Waals surface area contributed by atoms with Crippen LogP contribution in [0.15, 0.2) is 48.0 Å². The van der Waals surface area contributed by atoms with Crippen LogP contribution in [0.5, 0.6) is 5.75 Å². The second kappa shape index (κ2) is 12.3. The first-order valence-corrected chi connectivity index (χ1v) is 12.5. The third-order valence-corrected chi connectivity index (χ3v) is 6.31. The molecule has 4 rings (SSSR count). The van der Waals surface area contributed by atoms with Crippen LogP contribution in [0, 0.1) is 0 Å². The van der Waals surface area contributed by atoms with Crippen LogP contribution >= 0.6 is 0 Å². The Balaban J connectivity index is 1.55. The molecule has 2 aromatic carbocycles. The summed E-state index contributed by atoms with van der Waals surface area (Å²) in [6.07, 6.45) is 5.14. The SMILES string of the molecule is CCCCOCCOc1ccc(-c2ccc3c(c2)C=C(C(=O)O)CCN3C(CC)c2nn[nH]n2)cc1. The van der Waals surface area contributed by atoms with Crippen molar-refractivity contribution in [2.45, 2.75) is 45.6 Å². The molecule has 36 heavy (non-hydrogen) atoms. The highest BCUT2D eigenvalue weighted by atomic mass is 16.5. The Morgan fingerprint density at radius 2 is 1.92 bits per heavy atom. The summed E-state index contributed by atoms with van der Waals surface area (Å²) in [5.41, 5.74) is 4.21. The molecule has 0 bridgehead atoms. The lowest BCUT2D eigenvalue weighted by atomic mass is 9.99. The fourth-order valence-electron chi connectivity index (χ4n) is 4.39. The van der Waals surface area contributed by atoms with Gasteiger partial charge in [0, 0.05) is 24.4 Å². The number of rotatable bonds is 12. The molecule has 9 nitrogen and oxygen atoms in total. The van der Waals surface area contributed by atoms with Crippen LogP contribution in [0.2, 0.25) is 0 Å². The summed E-state index contributed by atoms with van der Waals surface area (Å²) in [7, 11) is 0. The number of aromatic nitrogens is 4. The topological polar surface area (TPSA) is 113 Å². The van der Waals surface area contributed by atoms with Gasteiger partial charge in [0.2, 0.25) is 0 Å². The smallest absolute Gasteiger partial charge is 0.331 e. The van der Waals surface area contributed by atoms with E-state index in [0.717, 1.165) is 54.0 Å². The van der Waals surface area contributed by atoms with Crippen molar-refractivity contribution in [1.29, 1.82) is 0 Å². The summed E-state index contributed by atoms with van der Waals surface area (Å²) in [6, 6.07) is 14.0. The first kappa shape index (κ1) is 25.4. The molecule has 0 fully saturated rings. The number of unbranched alkanes of at least 4 members (excludes halogenated alkanes) is 1. The Morgan fingerprint density at radius 3 is 2.61 bits per heavy atom. The number of carbonyl (C=O) groups is 1. The predicted molar refractivity (Wildman–Crippen MR) is 138 cm³/mol. The number of nitrogens with one attached hydrogen (secondary N) is 1. The molecule has 1 aliphatic heterocycles. The van der Waals surface area contributed by atoms with Gasteiger partial charge >= 0.3 is 5.97 Å². The van der Waals surface area contributed by atoms with Gasteiger partial charge in [-0.25, -0.2) is 4.79 Å². The fraction of sp³-hybridized carbons (Fsp3) is 0.407. The van der Waals surface area contributed by atoms with Gasteiger partial charge in [-0.2, -0.15) is 5.21 Å². The molecular formula is C27H33N5O4. The molecule has 0 radical (unpaired) electrons. The predicted octanol–water partition coefficient (Wildman–Crippen LogP) is 4.89. The number of tetrazole rings is 1. The maximum atomic E-state index is 11.9. The van der Waals surface area contributed by atoms with E-state index in [4.69, 9.17) is 9.47 Å². The molecular weight excluding hydrogens is 458 g/mol. The maximum Gasteiger partial charge on any atom is 0.331 e. The average molecular weight is 492 g/mol. The highest BCUT2D eigenvalue weighted by molar-refractivity contribution is 5.94. The van der Waals surface area contributed by atoms with Gasteiger partial charge in [-0.15, -0.1) is 10.2 Å². The molecule has 1 atom stereocenters. The van der Waals surface area contributed by atoms with Gasteiger partial charge in [-0.05, 0) is 66.3 Å². The third kappa shape index (κ3) is 6.09. The second-order valence-corrected chi connectivity index (χ2v) is 8.72. The van der Waals surface area contributed by atoms with E-state index in [9.17, 15) is 9.90 Å². The van der Waals surface area contributed by atoms with Crippen molar-refractivity contribution in [3.63, 3.8) is 0 Å². The Morgan fingerprint density at radius 1 is 1.11 bits per heavy atom. The third-order valence-electron chi connectivity index (χ3n) is 6.31. The van der Waals surface area contributed by atoms with E-state index in [-0.39, 0.29) is 6.04 Å². The summed E-state index contributed by atoms with van der Waals surface area (Å²) in [4.78, 5) is 14.1. The van der Waals surface area contributed by atoms with E-state index >= 15 is 0 Å². The number of hydrogen-bond acceptors (Lipinski definition) is 7. The lowest BCUT2D eigenvalue weighted by Crippen LogP contribution is -2.30. The van der Waals surface area contributed by atoms with E-state index in [2.05, 4.69) is 45.4 Å². The molecule has 0 spiro atoms. The highest BCUT2D eigenvalue weighted by Gasteiger charge is 2.27. The van der Waals surface area contributed by atoms with Crippen molar-refractivity contribution < 1.29 is 19.4 Å².